The van der Waals surface area contributed by atoms with Crippen molar-refractivity contribution in [3.05, 3.63) is 66.0 Å². The maximum absolute atomic E-state index is 12.8. The summed E-state index contributed by atoms with van der Waals surface area (Å²) in [5.74, 6) is 0.687. The fourth-order valence-corrected chi connectivity index (χ4v) is 4.61. The Kier molecular flexibility index (Phi) is 7.02. The van der Waals surface area contributed by atoms with Crippen LogP contribution in [0.25, 0.3) is 5.69 Å². The van der Waals surface area contributed by atoms with Gasteiger partial charge in [-0.2, -0.15) is 0 Å². The van der Waals surface area contributed by atoms with E-state index >= 15 is 0 Å². The van der Waals surface area contributed by atoms with Gasteiger partial charge in [-0.1, -0.05) is 42.1 Å². The number of hydrogen-bond donors (Lipinski definition) is 1. The quantitative estimate of drug-likeness (QED) is 0.410. The minimum atomic E-state index is -0.401. The van der Waals surface area contributed by atoms with Gasteiger partial charge >= 0.3 is 0 Å². The van der Waals surface area contributed by atoms with Gasteiger partial charge in [-0.15, -0.1) is 10.2 Å². The molecular formula is C24H27N5O2S. The Bertz CT molecular complexity index is 1090. The Labute approximate surface area is 192 Å². The number of aromatic nitrogens is 3. The largest absolute Gasteiger partial charge is 0.325 e. The minimum absolute atomic E-state index is 0.0370. The second-order valence-electron chi connectivity index (χ2n) is 7.94. The molecular weight excluding hydrogens is 422 g/mol. The fourth-order valence-electron chi connectivity index (χ4n) is 3.73. The summed E-state index contributed by atoms with van der Waals surface area (Å²) in [6.45, 7) is 6.24. The third kappa shape index (κ3) is 5.26. The van der Waals surface area contributed by atoms with Crippen LogP contribution in [0.3, 0.4) is 0 Å². The molecule has 1 N–H and O–H groups in total. The Morgan fingerprint density at radius 2 is 1.81 bits per heavy atom. The van der Waals surface area contributed by atoms with Crippen LogP contribution in [0.2, 0.25) is 0 Å². The smallest absolute Gasteiger partial charge is 0.237 e. The van der Waals surface area contributed by atoms with E-state index in [1.807, 2.05) is 41.8 Å². The normalized spacial score (nSPS) is 14.9. The van der Waals surface area contributed by atoms with Crippen molar-refractivity contribution in [1.82, 2.24) is 19.7 Å². The number of Topliss-reactive ketones (excluding diaryl/α,β-unsaturated/α-hetero) is 1. The Hall–Kier alpha value is -2.97. The lowest BCUT2D eigenvalue weighted by molar-refractivity contribution is -0.115. The lowest BCUT2D eigenvalue weighted by Crippen LogP contribution is -2.23. The van der Waals surface area contributed by atoms with Crippen LogP contribution in [-0.2, 0) is 11.3 Å². The number of carbonyl (C=O) groups excluding carboxylic acids is 2. The maximum Gasteiger partial charge on any atom is 0.237 e. The zero-order chi connectivity index (χ0) is 22.5. The zero-order valence-electron chi connectivity index (χ0n) is 18.3. The lowest BCUT2D eigenvalue weighted by Gasteiger charge is -2.17. The highest BCUT2D eigenvalue weighted by Crippen LogP contribution is 2.27. The van der Waals surface area contributed by atoms with Crippen LogP contribution in [-0.4, -0.2) is 49.7 Å². The van der Waals surface area contributed by atoms with Gasteiger partial charge < -0.3 is 5.32 Å². The molecule has 1 saturated heterocycles. The molecule has 4 rings (SSSR count). The van der Waals surface area contributed by atoms with Crippen molar-refractivity contribution >= 4 is 29.1 Å². The summed E-state index contributed by atoms with van der Waals surface area (Å²) in [6.07, 6.45) is 2.42. The molecule has 2 heterocycles. The molecule has 3 aromatic rings. The molecule has 1 aliphatic heterocycles. The number of benzene rings is 2. The Morgan fingerprint density at radius 1 is 1.06 bits per heavy atom. The standard InChI is InChI=1S/C24H27N5O2S/c1-17(30)19-9-8-10-20(15-19)25-23(31)18(2)32-24-27-26-22(16-28-13-6-7-14-28)29(24)21-11-4-3-5-12-21/h3-5,8-12,15,18H,6-7,13-14,16H2,1-2H3,(H,25,31). The summed E-state index contributed by atoms with van der Waals surface area (Å²) in [6, 6.07) is 17.0. The minimum Gasteiger partial charge on any atom is -0.325 e. The van der Waals surface area contributed by atoms with Gasteiger partial charge in [-0.05, 0) is 64.0 Å². The number of ketones is 1. The third-order valence-corrected chi connectivity index (χ3v) is 6.51. The molecule has 1 aromatic heterocycles. The Morgan fingerprint density at radius 3 is 2.53 bits per heavy atom. The predicted octanol–water partition coefficient (Wildman–Crippen LogP) is 4.19. The van der Waals surface area contributed by atoms with Gasteiger partial charge in [0, 0.05) is 16.9 Å². The summed E-state index contributed by atoms with van der Waals surface area (Å²) in [4.78, 5) is 26.9. The van der Waals surface area contributed by atoms with E-state index in [0.717, 1.165) is 31.1 Å². The first-order valence-corrected chi connectivity index (χ1v) is 11.7. The van der Waals surface area contributed by atoms with Crippen LogP contribution in [0.1, 0.15) is 42.9 Å². The topological polar surface area (TPSA) is 80.1 Å². The van der Waals surface area contributed by atoms with Crippen LogP contribution in [0.5, 0.6) is 0 Å². The number of nitrogens with one attached hydrogen (secondary N) is 1. The first-order valence-electron chi connectivity index (χ1n) is 10.8. The van der Waals surface area contributed by atoms with Gasteiger partial charge in [0.2, 0.25) is 5.91 Å². The summed E-state index contributed by atoms with van der Waals surface area (Å²) in [5.41, 5.74) is 2.16. The van der Waals surface area contributed by atoms with Gasteiger partial charge in [0.05, 0.1) is 11.8 Å². The van der Waals surface area contributed by atoms with Crippen molar-refractivity contribution in [2.24, 2.45) is 0 Å². The lowest BCUT2D eigenvalue weighted by atomic mass is 10.1. The molecule has 0 aliphatic carbocycles. The maximum atomic E-state index is 12.8. The van der Waals surface area contributed by atoms with E-state index in [1.54, 1.807) is 24.3 Å². The molecule has 2 aromatic carbocycles. The summed E-state index contributed by atoms with van der Waals surface area (Å²) >= 11 is 1.37. The number of para-hydroxylation sites is 1. The molecule has 1 aliphatic rings. The average molecular weight is 450 g/mol. The molecule has 1 amide bonds. The third-order valence-electron chi connectivity index (χ3n) is 5.47. The molecule has 7 nitrogen and oxygen atoms in total. The van der Waals surface area contributed by atoms with Gasteiger partial charge in [0.1, 0.15) is 0 Å². The van der Waals surface area contributed by atoms with Crippen molar-refractivity contribution in [3.8, 4) is 5.69 Å². The second kappa shape index (κ2) is 10.1. The van der Waals surface area contributed by atoms with Crippen LogP contribution >= 0.6 is 11.8 Å². The molecule has 166 valence electrons. The molecule has 0 saturated carbocycles. The van der Waals surface area contributed by atoms with Gasteiger partial charge in [-0.3, -0.25) is 19.1 Å². The summed E-state index contributed by atoms with van der Waals surface area (Å²) in [7, 11) is 0. The van der Waals surface area contributed by atoms with Crippen molar-refractivity contribution in [2.75, 3.05) is 18.4 Å². The van der Waals surface area contributed by atoms with E-state index in [-0.39, 0.29) is 11.7 Å². The highest BCUT2D eigenvalue weighted by molar-refractivity contribution is 8.00. The van der Waals surface area contributed by atoms with E-state index < -0.39 is 5.25 Å². The number of carbonyl (C=O) groups is 2. The fraction of sp³-hybridized carbons (Fsp3) is 0.333. The molecule has 0 spiro atoms. The monoisotopic (exact) mass is 449 g/mol. The van der Waals surface area contributed by atoms with Crippen LogP contribution in [0.15, 0.2) is 59.8 Å². The van der Waals surface area contributed by atoms with E-state index in [4.69, 9.17) is 0 Å². The number of anilines is 1. The zero-order valence-corrected chi connectivity index (χ0v) is 19.1. The highest BCUT2D eigenvalue weighted by Gasteiger charge is 2.23. The number of thioether (sulfide) groups is 1. The van der Waals surface area contributed by atoms with E-state index in [2.05, 4.69) is 20.4 Å². The predicted molar refractivity (Wildman–Crippen MR) is 126 cm³/mol. The molecule has 0 radical (unpaired) electrons. The van der Waals surface area contributed by atoms with Crippen molar-refractivity contribution in [3.63, 3.8) is 0 Å². The van der Waals surface area contributed by atoms with Gasteiger partial charge in [-0.25, -0.2) is 0 Å². The van der Waals surface area contributed by atoms with E-state index in [9.17, 15) is 9.59 Å². The van der Waals surface area contributed by atoms with Crippen LogP contribution in [0.4, 0.5) is 5.69 Å². The summed E-state index contributed by atoms with van der Waals surface area (Å²) < 4.78 is 2.04. The molecule has 32 heavy (non-hydrogen) atoms. The average Bonchev–Trinajstić information content (AvgIpc) is 3.45. The molecule has 0 bridgehead atoms. The second-order valence-corrected chi connectivity index (χ2v) is 9.25. The number of hydrogen-bond acceptors (Lipinski definition) is 6. The van der Waals surface area contributed by atoms with E-state index in [0.29, 0.717) is 16.4 Å². The molecule has 8 heteroatoms. The van der Waals surface area contributed by atoms with Gasteiger partial charge in [0.25, 0.3) is 0 Å². The first kappa shape index (κ1) is 22.2. The number of likely N-dealkylation sites (tertiary alicyclic amines) is 1. The van der Waals surface area contributed by atoms with Crippen molar-refractivity contribution in [2.45, 2.75) is 43.6 Å². The molecule has 1 fully saturated rings. The molecule has 1 atom stereocenters. The van der Waals surface area contributed by atoms with E-state index in [1.165, 1.54) is 31.5 Å². The highest BCUT2D eigenvalue weighted by atomic mass is 32.2. The first-order chi connectivity index (χ1) is 15.5. The van der Waals surface area contributed by atoms with Crippen LogP contribution < -0.4 is 5.32 Å². The number of amides is 1. The van der Waals surface area contributed by atoms with Crippen LogP contribution in [0, 0.1) is 0 Å². The SMILES string of the molecule is CC(=O)c1cccc(NC(=O)C(C)Sc2nnc(CN3CCCC3)n2-c2ccccc2)c1. The van der Waals surface area contributed by atoms with Gasteiger partial charge in [0.15, 0.2) is 16.8 Å². The van der Waals surface area contributed by atoms with Crippen molar-refractivity contribution in [1.29, 1.82) is 0 Å². The number of nitrogens with zero attached hydrogens (tertiary/aromatic N) is 4. The number of rotatable bonds is 8. The Balaban J connectivity index is 1.52. The van der Waals surface area contributed by atoms with Crippen molar-refractivity contribution < 1.29 is 9.59 Å². The summed E-state index contributed by atoms with van der Waals surface area (Å²) in [5, 5.41) is 12.1. The molecule has 1 unspecified atom stereocenters.